The Kier molecular flexibility index (Phi) is 8.25. The van der Waals surface area contributed by atoms with Crippen LogP contribution in [0, 0.1) is 0 Å². The first-order valence-electron chi connectivity index (χ1n) is 25.4. The van der Waals surface area contributed by atoms with Crippen LogP contribution in [0.3, 0.4) is 0 Å². The summed E-state index contributed by atoms with van der Waals surface area (Å²) in [5.41, 5.74) is 13.9. The SMILES string of the molecule is c1ccc(N2c3cccc4[c]3[Ge]3([c]5ccccc5)[c]5c(cccc5N(c5ccccc5)c5c6[c]7c(c2[c]53)N(c2ccccc2)c2cccc3[c]2[Ge]7([c]2ccccc2)[c]2c(cccc2N6c2ccccc2)O3)O4)cc1. The van der Waals surface area contributed by atoms with Crippen LogP contribution in [0.2, 0.25) is 0 Å². The van der Waals surface area contributed by atoms with Crippen molar-refractivity contribution < 1.29 is 9.47 Å². The van der Waals surface area contributed by atoms with Crippen molar-refractivity contribution in [2.24, 2.45) is 0 Å². The molecule has 0 aromatic heterocycles. The number of fused-ring (bicyclic) bond motifs is 2. The zero-order valence-electron chi connectivity index (χ0n) is 39.9. The van der Waals surface area contributed by atoms with Crippen LogP contribution in [0.4, 0.5) is 68.2 Å². The van der Waals surface area contributed by atoms with Gasteiger partial charge in [-0.1, -0.05) is 0 Å². The van der Waals surface area contributed by atoms with Gasteiger partial charge in [0.2, 0.25) is 0 Å². The van der Waals surface area contributed by atoms with Crippen LogP contribution < -0.4 is 64.2 Å². The van der Waals surface area contributed by atoms with E-state index in [0.29, 0.717) is 0 Å². The zero-order valence-corrected chi connectivity index (χ0v) is 44.1. The molecule has 6 aliphatic rings. The fourth-order valence-corrected chi connectivity index (χ4v) is 37.7. The molecule has 0 aliphatic carbocycles. The topological polar surface area (TPSA) is 31.4 Å². The molecule has 6 heterocycles. The molecular formula is C66H42Ge2N4O2. The summed E-state index contributed by atoms with van der Waals surface area (Å²) >= 11 is -8.82. The van der Waals surface area contributed by atoms with Gasteiger partial charge in [0.1, 0.15) is 0 Å². The van der Waals surface area contributed by atoms with Crippen LogP contribution in [0.1, 0.15) is 0 Å². The number of hydrogen-bond donors (Lipinski definition) is 0. The van der Waals surface area contributed by atoms with Gasteiger partial charge >= 0.3 is 437 Å². The predicted molar refractivity (Wildman–Crippen MR) is 307 cm³/mol. The van der Waals surface area contributed by atoms with E-state index in [2.05, 4.69) is 274 Å². The van der Waals surface area contributed by atoms with Crippen molar-refractivity contribution in [1.29, 1.82) is 0 Å². The molecule has 17 rings (SSSR count). The van der Waals surface area contributed by atoms with Crippen molar-refractivity contribution >= 4 is 130 Å². The van der Waals surface area contributed by atoms with Crippen LogP contribution >= 0.6 is 0 Å². The second-order valence-corrected chi connectivity index (χ2v) is 34.9. The summed E-state index contributed by atoms with van der Waals surface area (Å²) in [7, 11) is 0. The number of hydrogen-bond acceptors (Lipinski definition) is 6. The molecule has 6 aliphatic heterocycles. The van der Waals surface area contributed by atoms with E-state index < -0.39 is 26.5 Å². The molecule has 0 bridgehead atoms. The molecule has 11 aromatic carbocycles. The van der Waals surface area contributed by atoms with Gasteiger partial charge < -0.3 is 0 Å². The molecule has 8 heteroatoms. The second-order valence-electron chi connectivity index (χ2n) is 19.9. The van der Waals surface area contributed by atoms with E-state index in [1.165, 1.54) is 80.7 Å². The first-order valence-corrected chi connectivity index (χ1v) is 33.8. The summed E-state index contributed by atoms with van der Waals surface area (Å²) in [5.74, 6) is 3.72. The fraction of sp³-hybridized carbons (Fsp3) is 0. The third-order valence-corrected chi connectivity index (χ3v) is 37.1. The zero-order chi connectivity index (χ0) is 48.3. The molecule has 346 valence electrons. The quantitative estimate of drug-likeness (QED) is 0.154. The van der Waals surface area contributed by atoms with Gasteiger partial charge in [0.25, 0.3) is 0 Å². The summed E-state index contributed by atoms with van der Waals surface area (Å²) in [6.07, 6.45) is 0. The number of ether oxygens (including phenoxy) is 2. The molecule has 0 N–H and O–H groups in total. The molecule has 6 nitrogen and oxygen atoms in total. The number of nitrogens with zero attached hydrogens (tertiary/aromatic N) is 4. The van der Waals surface area contributed by atoms with E-state index in [4.69, 9.17) is 9.47 Å². The van der Waals surface area contributed by atoms with Crippen molar-refractivity contribution in [3.63, 3.8) is 0 Å². The minimum absolute atomic E-state index is 0.931. The van der Waals surface area contributed by atoms with E-state index in [9.17, 15) is 0 Å². The molecule has 74 heavy (non-hydrogen) atoms. The third-order valence-electron chi connectivity index (χ3n) is 16.4. The number of anilines is 12. The van der Waals surface area contributed by atoms with Gasteiger partial charge in [-0.25, -0.2) is 0 Å². The molecule has 0 radical (unpaired) electrons. The Hall–Kier alpha value is -8.69. The van der Waals surface area contributed by atoms with E-state index >= 15 is 0 Å². The van der Waals surface area contributed by atoms with Crippen LogP contribution in [0.15, 0.2) is 255 Å². The third kappa shape index (κ3) is 4.93. The Morgan fingerprint density at radius 2 is 0.446 bits per heavy atom. The van der Waals surface area contributed by atoms with Gasteiger partial charge in [-0.3, -0.25) is 0 Å². The number of para-hydroxylation sites is 4. The van der Waals surface area contributed by atoms with Crippen molar-refractivity contribution in [2.45, 2.75) is 0 Å². The Morgan fingerprint density at radius 3 is 0.689 bits per heavy atom. The Balaban J connectivity index is 1.23. The summed E-state index contributed by atoms with van der Waals surface area (Å²) in [6.45, 7) is 0. The van der Waals surface area contributed by atoms with Gasteiger partial charge in [0.15, 0.2) is 0 Å². The molecule has 11 aromatic rings. The van der Waals surface area contributed by atoms with E-state index in [1.54, 1.807) is 0 Å². The maximum atomic E-state index is 7.40. The maximum absolute atomic E-state index is 7.40. The molecule has 0 amide bonds. The first kappa shape index (κ1) is 40.9. The van der Waals surface area contributed by atoms with Crippen molar-refractivity contribution in [1.82, 2.24) is 0 Å². The van der Waals surface area contributed by atoms with Gasteiger partial charge in [-0.05, 0) is 0 Å². The fourth-order valence-electron chi connectivity index (χ4n) is 14.0. The average Bonchev–Trinajstić information content (AvgIpc) is 3.47. The molecule has 0 spiro atoms. The summed E-state index contributed by atoms with van der Waals surface area (Å²) in [4.78, 5) is 10.6. The molecular weight excluding hydrogens is 1030 g/mol. The van der Waals surface area contributed by atoms with Crippen molar-refractivity contribution in [2.75, 3.05) is 19.6 Å². The van der Waals surface area contributed by atoms with Gasteiger partial charge in [-0.15, -0.1) is 0 Å². The Bertz CT molecular complexity index is 3670. The van der Waals surface area contributed by atoms with Gasteiger partial charge in [-0.2, -0.15) is 0 Å². The Morgan fingerprint density at radius 1 is 0.216 bits per heavy atom. The van der Waals surface area contributed by atoms with Crippen molar-refractivity contribution in [3.05, 3.63) is 255 Å². The number of benzene rings is 11. The van der Waals surface area contributed by atoms with Crippen molar-refractivity contribution in [3.8, 4) is 23.0 Å². The molecule has 0 saturated heterocycles. The first-order chi connectivity index (χ1) is 36.8. The minimum atomic E-state index is -4.41. The normalized spacial score (nSPS) is 15.4. The molecule has 0 atom stereocenters. The molecule has 0 saturated carbocycles. The van der Waals surface area contributed by atoms with Crippen LogP contribution in [0.25, 0.3) is 0 Å². The van der Waals surface area contributed by atoms with E-state index in [-0.39, 0.29) is 0 Å². The van der Waals surface area contributed by atoms with Crippen LogP contribution in [-0.4, -0.2) is 26.5 Å². The second kappa shape index (κ2) is 14.9. The monoisotopic (exact) mass is 1070 g/mol. The summed E-state index contributed by atoms with van der Waals surface area (Å²) in [5, 5.41) is 0. The average molecular weight is 1070 g/mol. The summed E-state index contributed by atoms with van der Waals surface area (Å²) in [6, 6.07) is 95.0. The number of rotatable bonds is 6. The molecule has 0 unspecified atom stereocenters. The predicted octanol–water partition coefficient (Wildman–Crippen LogP) is 11.8. The van der Waals surface area contributed by atoms with E-state index in [1.807, 2.05) is 0 Å². The standard InChI is InChI=1S/C66H42Ge2N4O2/c1-7-23-43(24-8-1)67-57-49-35-19-39-53(57)73-54-40-20-36-50(58(54)67)70(46-29-13-4-14-30-46)64-61(67)63(69(49)45-27-11-3-12-28-45)65-62-66(64)72(48-33-17-6-18-34-48)52-38-22-42-56-60(52)68(62,44-25-9-2-10-26-44)59-51(37-21-41-55(59)74-56)71(65)47-31-15-5-16-32-47/h1-42H. The van der Waals surface area contributed by atoms with Gasteiger partial charge in [0.05, 0.1) is 0 Å². The van der Waals surface area contributed by atoms with Crippen LogP contribution in [-0.2, 0) is 0 Å². The van der Waals surface area contributed by atoms with Gasteiger partial charge in [0, 0.05) is 0 Å². The van der Waals surface area contributed by atoms with Crippen LogP contribution in [0.5, 0.6) is 23.0 Å². The Labute approximate surface area is 433 Å². The molecule has 0 fully saturated rings. The summed E-state index contributed by atoms with van der Waals surface area (Å²) < 4.78 is 25.6. The van der Waals surface area contributed by atoms with E-state index in [0.717, 1.165) is 45.7 Å².